The van der Waals surface area contributed by atoms with Crippen molar-refractivity contribution in [1.29, 1.82) is 0 Å². The second-order valence-electron chi connectivity index (χ2n) is 9.74. The number of aromatic nitrogens is 5. The van der Waals surface area contributed by atoms with Crippen molar-refractivity contribution in [2.75, 3.05) is 53.0 Å². The third kappa shape index (κ3) is 5.33. The van der Waals surface area contributed by atoms with Crippen LogP contribution in [0.4, 0.5) is 0 Å². The summed E-state index contributed by atoms with van der Waals surface area (Å²) >= 11 is 0. The molecule has 3 aromatic rings. The number of methoxy groups -OCH3 is 1. The minimum absolute atomic E-state index is 0.0272. The van der Waals surface area contributed by atoms with Crippen molar-refractivity contribution in [3.05, 3.63) is 28.3 Å². The highest BCUT2D eigenvalue weighted by atomic mass is 32.2. The number of aryl methyl sites for hydroxylation is 1. The first-order valence-electron chi connectivity index (χ1n) is 13.2. The molecule has 1 saturated carbocycles. The van der Waals surface area contributed by atoms with Crippen LogP contribution in [0.25, 0.3) is 22.4 Å². The third-order valence-electron chi connectivity index (χ3n) is 7.19. The predicted octanol–water partition coefficient (Wildman–Crippen LogP) is 1.51. The monoisotopic (exact) mass is 545 g/mol. The summed E-state index contributed by atoms with van der Waals surface area (Å²) in [5, 5.41) is 4.55. The number of nitrogens with zero attached hydrogens (tertiary/aromatic N) is 6. The molecule has 1 aliphatic carbocycles. The van der Waals surface area contributed by atoms with Crippen LogP contribution < -0.4 is 10.3 Å². The fourth-order valence-electron chi connectivity index (χ4n) is 4.75. The Morgan fingerprint density at radius 2 is 1.87 bits per heavy atom. The minimum atomic E-state index is -3.81. The van der Waals surface area contributed by atoms with E-state index in [0.717, 1.165) is 31.6 Å². The lowest BCUT2D eigenvalue weighted by atomic mass is 10.2. The molecular weight excluding hydrogens is 510 g/mol. The maximum absolute atomic E-state index is 13.5. The molecule has 206 valence electrons. The first-order valence-corrected chi connectivity index (χ1v) is 14.6. The number of ether oxygens (including phenoxy) is 2. The number of fused-ring (bicyclic) bond motifs is 1. The molecular formula is C25H35N7O5S. The number of likely N-dealkylation sites (N-methyl/N-ethyl adjacent to an activating group) is 1. The van der Waals surface area contributed by atoms with Gasteiger partial charge in [0, 0.05) is 39.8 Å². The van der Waals surface area contributed by atoms with Gasteiger partial charge in [-0.05, 0) is 37.8 Å². The van der Waals surface area contributed by atoms with Gasteiger partial charge in [0.1, 0.15) is 22.8 Å². The van der Waals surface area contributed by atoms with Crippen LogP contribution in [0.2, 0.25) is 0 Å². The van der Waals surface area contributed by atoms with E-state index in [1.807, 2.05) is 11.6 Å². The summed E-state index contributed by atoms with van der Waals surface area (Å²) in [6, 6.07) is 1.49. The molecule has 0 bridgehead atoms. The summed E-state index contributed by atoms with van der Waals surface area (Å²) in [5.74, 6) is 0.942. The van der Waals surface area contributed by atoms with Crippen molar-refractivity contribution in [3.8, 4) is 17.3 Å². The van der Waals surface area contributed by atoms with Gasteiger partial charge in [-0.25, -0.2) is 18.4 Å². The number of rotatable bonds is 11. The standard InChI is InChI=1S/C25H35N7O5S/c1-4-20-21-22(29-32(20)16-17-6-7-17)24(33)28-23(27-21)19-14-18(15-26-25(19)37-13-12-36-3)38(34,35)31-10-8-30(5-2)9-11-31/h14-15,17H,4-13,16H2,1-3H3,(H,27,28,33). The summed E-state index contributed by atoms with van der Waals surface area (Å²) in [7, 11) is -2.25. The Kier molecular flexibility index (Phi) is 7.80. The first kappa shape index (κ1) is 26.7. The van der Waals surface area contributed by atoms with Crippen LogP contribution >= 0.6 is 0 Å². The second kappa shape index (κ2) is 11.1. The molecule has 0 amide bonds. The van der Waals surface area contributed by atoms with Crippen LogP contribution in [0.1, 0.15) is 32.4 Å². The van der Waals surface area contributed by atoms with E-state index in [9.17, 15) is 13.2 Å². The Hall–Kier alpha value is -2.87. The van der Waals surface area contributed by atoms with Gasteiger partial charge >= 0.3 is 0 Å². The van der Waals surface area contributed by atoms with E-state index in [-0.39, 0.29) is 34.3 Å². The Balaban J connectivity index is 1.57. The van der Waals surface area contributed by atoms with Crippen molar-refractivity contribution in [3.63, 3.8) is 0 Å². The molecule has 0 spiro atoms. The summed E-state index contributed by atoms with van der Waals surface area (Å²) in [6.07, 6.45) is 4.29. The van der Waals surface area contributed by atoms with Gasteiger partial charge in [0.2, 0.25) is 15.9 Å². The highest BCUT2D eigenvalue weighted by Gasteiger charge is 2.30. The van der Waals surface area contributed by atoms with Gasteiger partial charge in [-0.1, -0.05) is 13.8 Å². The molecule has 0 unspecified atom stereocenters. The van der Waals surface area contributed by atoms with Gasteiger partial charge in [0.05, 0.1) is 24.1 Å². The van der Waals surface area contributed by atoms with E-state index in [0.29, 0.717) is 56.2 Å². The van der Waals surface area contributed by atoms with Gasteiger partial charge in [0.25, 0.3) is 5.56 Å². The summed E-state index contributed by atoms with van der Waals surface area (Å²) in [5.41, 5.74) is 1.58. The van der Waals surface area contributed by atoms with Crippen molar-refractivity contribution >= 4 is 21.1 Å². The van der Waals surface area contributed by atoms with Crippen LogP contribution in [0.15, 0.2) is 22.0 Å². The van der Waals surface area contributed by atoms with Gasteiger partial charge in [-0.3, -0.25) is 9.48 Å². The number of piperazine rings is 1. The van der Waals surface area contributed by atoms with Gasteiger partial charge < -0.3 is 19.4 Å². The Morgan fingerprint density at radius 1 is 1.11 bits per heavy atom. The molecule has 0 atom stereocenters. The van der Waals surface area contributed by atoms with Crippen molar-refractivity contribution in [2.45, 2.75) is 44.6 Å². The molecule has 1 saturated heterocycles. The fraction of sp³-hybridized carbons (Fsp3) is 0.600. The molecule has 0 radical (unpaired) electrons. The summed E-state index contributed by atoms with van der Waals surface area (Å²) in [4.78, 5) is 27.3. The highest BCUT2D eigenvalue weighted by molar-refractivity contribution is 7.89. The first-order chi connectivity index (χ1) is 18.3. The van der Waals surface area contributed by atoms with Crippen LogP contribution in [-0.2, 0) is 27.7 Å². The molecule has 5 rings (SSSR count). The molecule has 3 aromatic heterocycles. The van der Waals surface area contributed by atoms with Crippen LogP contribution in [-0.4, -0.2) is 95.4 Å². The molecule has 1 aliphatic heterocycles. The van der Waals surface area contributed by atoms with Crippen LogP contribution in [0, 0.1) is 5.92 Å². The van der Waals surface area contributed by atoms with Crippen molar-refractivity contribution in [2.24, 2.45) is 5.92 Å². The largest absolute Gasteiger partial charge is 0.475 e. The fourth-order valence-corrected chi connectivity index (χ4v) is 6.15. The quantitative estimate of drug-likeness (QED) is 0.356. The average molecular weight is 546 g/mol. The number of aromatic amines is 1. The molecule has 0 aromatic carbocycles. The second-order valence-corrected chi connectivity index (χ2v) is 11.7. The molecule has 38 heavy (non-hydrogen) atoms. The lowest BCUT2D eigenvalue weighted by Gasteiger charge is -2.33. The highest BCUT2D eigenvalue weighted by Crippen LogP contribution is 2.33. The normalized spacial score (nSPS) is 17.3. The smallest absolute Gasteiger partial charge is 0.279 e. The zero-order valence-electron chi connectivity index (χ0n) is 22.1. The number of pyridine rings is 1. The van der Waals surface area contributed by atoms with Crippen LogP contribution in [0.3, 0.4) is 0 Å². The third-order valence-corrected chi connectivity index (χ3v) is 9.05. The van der Waals surface area contributed by atoms with E-state index in [1.165, 1.54) is 16.6 Å². The van der Waals surface area contributed by atoms with E-state index >= 15 is 0 Å². The Labute approximate surface area is 222 Å². The maximum Gasteiger partial charge on any atom is 0.279 e. The predicted molar refractivity (Wildman–Crippen MR) is 142 cm³/mol. The van der Waals surface area contributed by atoms with E-state index in [2.05, 4.69) is 26.9 Å². The zero-order chi connectivity index (χ0) is 26.9. The zero-order valence-corrected chi connectivity index (χ0v) is 23.0. The summed E-state index contributed by atoms with van der Waals surface area (Å²) in [6.45, 7) is 8.38. The Bertz CT molecular complexity index is 1460. The molecule has 4 heterocycles. The number of sulfonamides is 1. The number of hydrogen-bond acceptors (Lipinski definition) is 9. The van der Waals surface area contributed by atoms with E-state index < -0.39 is 10.0 Å². The number of hydrogen-bond donors (Lipinski definition) is 1. The van der Waals surface area contributed by atoms with E-state index in [4.69, 9.17) is 14.5 Å². The molecule has 2 fully saturated rings. The molecule has 12 nitrogen and oxygen atoms in total. The molecule has 13 heteroatoms. The summed E-state index contributed by atoms with van der Waals surface area (Å²) < 4.78 is 41.3. The van der Waals surface area contributed by atoms with E-state index in [1.54, 1.807) is 7.11 Å². The van der Waals surface area contributed by atoms with Crippen molar-refractivity contribution < 1.29 is 17.9 Å². The van der Waals surface area contributed by atoms with Crippen LogP contribution in [0.5, 0.6) is 5.88 Å². The lowest BCUT2D eigenvalue weighted by Crippen LogP contribution is -2.48. The van der Waals surface area contributed by atoms with Gasteiger partial charge in [-0.15, -0.1) is 0 Å². The van der Waals surface area contributed by atoms with Gasteiger partial charge in [-0.2, -0.15) is 9.40 Å². The van der Waals surface area contributed by atoms with Gasteiger partial charge in [0.15, 0.2) is 5.52 Å². The maximum atomic E-state index is 13.5. The minimum Gasteiger partial charge on any atom is -0.475 e. The topological polar surface area (TPSA) is 136 Å². The molecule has 1 N–H and O–H groups in total. The average Bonchev–Trinajstić information content (AvgIpc) is 3.67. The number of H-pyrrole nitrogens is 1. The number of nitrogens with one attached hydrogen (secondary N) is 1. The van der Waals surface area contributed by atoms with Crippen molar-refractivity contribution in [1.82, 2.24) is 33.9 Å². The lowest BCUT2D eigenvalue weighted by molar-refractivity contribution is 0.144. The molecule has 2 aliphatic rings. The Morgan fingerprint density at radius 3 is 2.53 bits per heavy atom. The SMILES string of the molecule is CCc1c2nc(-c3cc(S(=O)(=O)N4CCN(CC)CC4)cnc3OCCOC)[nH]c(=O)c2nn1CC1CC1.